The molecule has 1 saturated carbocycles. The summed E-state index contributed by atoms with van der Waals surface area (Å²) in [6.07, 6.45) is 2.41. The molecule has 2 fully saturated rings. The van der Waals surface area contributed by atoms with Crippen molar-refractivity contribution >= 4 is 22.0 Å². The third-order valence-corrected chi connectivity index (χ3v) is 6.54. The summed E-state index contributed by atoms with van der Waals surface area (Å²) >= 11 is 0. The van der Waals surface area contributed by atoms with Gasteiger partial charge in [0.15, 0.2) is 11.6 Å². The molecule has 1 aliphatic carbocycles. The summed E-state index contributed by atoms with van der Waals surface area (Å²) in [6.45, 7) is 2.83. The van der Waals surface area contributed by atoms with Gasteiger partial charge in [0.2, 0.25) is 15.9 Å². The standard InChI is InChI=1S/C20H28FN3O6S/c1-14(16-4-5-17(21)18(12-16)30-13-15-2-3-15)23-31(27,28)11-10-29-9-8-24-7-6-19(25)22-20(24)26/h4-5,12,14-15,23H,2-3,6-11,13H2,1H3,(H,22,25,26)/t14-/m1/s1. The monoisotopic (exact) mass is 457 g/mol. The van der Waals surface area contributed by atoms with Gasteiger partial charge in [-0.05, 0) is 43.4 Å². The van der Waals surface area contributed by atoms with Crippen molar-refractivity contribution in [1.29, 1.82) is 0 Å². The second-order valence-corrected chi connectivity index (χ2v) is 9.68. The van der Waals surface area contributed by atoms with Crippen LogP contribution in [0.2, 0.25) is 0 Å². The van der Waals surface area contributed by atoms with E-state index in [1.54, 1.807) is 6.92 Å². The minimum Gasteiger partial charge on any atom is -0.490 e. The van der Waals surface area contributed by atoms with Crippen molar-refractivity contribution in [1.82, 2.24) is 14.9 Å². The average Bonchev–Trinajstić information content (AvgIpc) is 3.52. The Morgan fingerprint density at radius 3 is 2.77 bits per heavy atom. The van der Waals surface area contributed by atoms with E-state index in [4.69, 9.17) is 9.47 Å². The first-order valence-electron chi connectivity index (χ1n) is 10.3. The highest BCUT2D eigenvalue weighted by molar-refractivity contribution is 7.89. The third kappa shape index (κ3) is 7.44. The fourth-order valence-corrected chi connectivity index (χ4v) is 4.18. The molecule has 2 N–H and O–H groups in total. The molecule has 0 bridgehead atoms. The van der Waals surface area contributed by atoms with Crippen LogP contribution in [0.3, 0.4) is 0 Å². The maximum absolute atomic E-state index is 13.9. The summed E-state index contributed by atoms with van der Waals surface area (Å²) in [5.41, 5.74) is 0.599. The van der Waals surface area contributed by atoms with E-state index in [0.717, 1.165) is 12.8 Å². The fraction of sp³-hybridized carbons (Fsp3) is 0.600. The normalized spacial score (nSPS) is 18.1. The maximum Gasteiger partial charge on any atom is 0.324 e. The second-order valence-electron chi connectivity index (χ2n) is 7.81. The minimum absolute atomic E-state index is 0.0460. The number of urea groups is 1. The van der Waals surface area contributed by atoms with Gasteiger partial charge >= 0.3 is 6.03 Å². The van der Waals surface area contributed by atoms with E-state index in [0.29, 0.717) is 24.6 Å². The first-order chi connectivity index (χ1) is 14.7. The van der Waals surface area contributed by atoms with Crippen molar-refractivity contribution in [3.63, 3.8) is 0 Å². The Balaban J connectivity index is 1.40. The largest absolute Gasteiger partial charge is 0.490 e. The summed E-state index contributed by atoms with van der Waals surface area (Å²) in [6, 6.07) is 3.29. The number of carbonyl (C=O) groups excluding carboxylic acids is 2. The van der Waals surface area contributed by atoms with Gasteiger partial charge in [0.25, 0.3) is 0 Å². The van der Waals surface area contributed by atoms with Crippen LogP contribution in [0.25, 0.3) is 0 Å². The Bertz CT molecular complexity index is 906. The van der Waals surface area contributed by atoms with E-state index >= 15 is 0 Å². The van der Waals surface area contributed by atoms with Crippen LogP contribution in [0.4, 0.5) is 9.18 Å². The van der Waals surface area contributed by atoms with E-state index in [2.05, 4.69) is 10.0 Å². The van der Waals surface area contributed by atoms with Crippen molar-refractivity contribution in [2.75, 3.05) is 38.7 Å². The van der Waals surface area contributed by atoms with Crippen molar-refractivity contribution < 1.29 is 31.9 Å². The van der Waals surface area contributed by atoms with Gasteiger partial charge in [-0.25, -0.2) is 22.3 Å². The number of halogens is 1. The van der Waals surface area contributed by atoms with Gasteiger partial charge in [0.05, 0.1) is 25.6 Å². The van der Waals surface area contributed by atoms with E-state index in [-0.39, 0.29) is 43.6 Å². The van der Waals surface area contributed by atoms with Crippen molar-refractivity contribution in [2.24, 2.45) is 5.92 Å². The van der Waals surface area contributed by atoms with Crippen LogP contribution >= 0.6 is 0 Å². The number of amides is 3. The molecule has 31 heavy (non-hydrogen) atoms. The number of benzene rings is 1. The highest BCUT2D eigenvalue weighted by Crippen LogP contribution is 2.31. The molecule has 1 atom stereocenters. The fourth-order valence-electron chi connectivity index (χ4n) is 3.05. The lowest BCUT2D eigenvalue weighted by Gasteiger charge is -2.26. The first-order valence-corrected chi connectivity index (χ1v) is 12.0. The molecule has 0 radical (unpaired) electrons. The number of hydrogen-bond donors (Lipinski definition) is 2. The van der Waals surface area contributed by atoms with Gasteiger partial charge in [-0.3, -0.25) is 10.1 Å². The lowest BCUT2D eigenvalue weighted by atomic mass is 10.1. The summed E-state index contributed by atoms with van der Waals surface area (Å²) in [7, 11) is -3.64. The molecule has 3 amide bonds. The quantitative estimate of drug-likeness (QED) is 0.461. The van der Waals surface area contributed by atoms with Crippen LogP contribution < -0.4 is 14.8 Å². The zero-order chi connectivity index (χ0) is 22.4. The summed E-state index contributed by atoms with van der Waals surface area (Å²) in [5, 5.41) is 2.21. The van der Waals surface area contributed by atoms with Crippen molar-refractivity contribution in [3.05, 3.63) is 29.6 Å². The van der Waals surface area contributed by atoms with E-state index in [1.165, 1.54) is 23.1 Å². The van der Waals surface area contributed by atoms with Crippen LogP contribution in [0.1, 0.15) is 37.8 Å². The molecule has 11 heteroatoms. The van der Waals surface area contributed by atoms with Crippen molar-refractivity contribution in [2.45, 2.75) is 32.2 Å². The molecule has 0 unspecified atom stereocenters. The van der Waals surface area contributed by atoms with Crippen LogP contribution in [0.5, 0.6) is 5.75 Å². The summed E-state index contributed by atoms with van der Waals surface area (Å²) in [5.74, 6) is -0.433. The smallest absolute Gasteiger partial charge is 0.324 e. The Labute approximate surface area is 181 Å². The van der Waals surface area contributed by atoms with E-state index < -0.39 is 27.9 Å². The van der Waals surface area contributed by atoms with Crippen LogP contribution in [-0.4, -0.2) is 63.9 Å². The SMILES string of the molecule is C[C@@H](NS(=O)(=O)CCOCCN1CCC(=O)NC1=O)c1ccc(F)c(OCC2CC2)c1. The third-order valence-electron chi connectivity index (χ3n) is 5.13. The zero-order valence-electron chi connectivity index (χ0n) is 17.4. The molecule has 3 rings (SSSR count). The molecule has 0 aromatic heterocycles. The van der Waals surface area contributed by atoms with Crippen LogP contribution in [-0.2, 0) is 19.6 Å². The lowest BCUT2D eigenvalue weighted by Crippen LogP contribution is -2.50. The number of carbonyl (C=O) groups is 2. The number of rotatable bonds is 12. The Kier molecular flexibility index (Phi) is 7.84. The second kappa shape index (κ2) is 10.4. The minimum atomic E-state index is -3.64. The van der Waals surface area contributed by atoms with Crippen LogP contribution in [0.15, 0.2) is 18.2 Å². The van der Waals surface area contributed by atoms with Gasteiger partial charge in [-0.2, -0.15) is 0 Å². The number of nitrogens with zero attached hydrogens (tertiary/aromatic N) is 1. The van der Waals surface area contributed by atoms with Crippen molar-refractivity contribution in [3.8, 4) is 5.75 Å². The van der Waals surface area contributed by atoms with Crippen LogP contribution in [0, 0.1) is 11.7 Å². The molecular weight excluding hydrogens is 429 g/mol. The zero-order valence-corrected chi connectivity index (χ0v) is 18.3. The van der Waals surface area contributed by atoms with Gasteiger partial charge in [0.1, 0.15) is 0 Å². The molecule has 9 nitrogen and oxygen atoms in total. The Morgan fingerprint density at radius 1 is 1.29 bits per heavy atom. The number of nitrogens with one attached hydrogen (secondary N) is 2. The highest BCUT2D eigenvalue weighted by Gasteiger charge is 2.24. The molecule has 1 heterocycles. The number of imide groups is 1. The predicted molar refractivity (Wildman–Crippen MR) is 111 cm³/mol. The predicted octanol–water partition coefficient (Wildman–Crippen LogP) is 1.55. The summed E-state index contributed by atoms with van der Waals surface area (Å²) < 4.78 is 52.0. The molecule has 1 aromatic carbocycles. The molecule has 1 aliphatic heterocycles. The highest BCUT2D eigenvalue weighted by atomic mass is 32.2. The molecule has 172 valence electrons. The first kappa shape index (κ1) is 23.4. The van der Waals surface area contributed by atoms with E-state index in [9.17, 15) is 22.4 Å². The number of sulfonamides is 1. The van der Waals surface area contributed by atoms with Gasteiger partial charge in [-0.1, -0.05) is 6.07 Å². The summed E-state index contributed by atoms with van der Waals surface area (Å²) in [4.78, 5) is 24.1. The lowest BCUT2D eigenvalue weighted by molar-refractivity contribution is -0.121. The molecule has 1 aromatic rings. The molecule has 0 spiro atoms. The Hall–Kier alpha value is -2.24. The number of hydrogen-bond acceptors (Lipinski definition) is 6. The van der Waals surface area contributed by atoms with Gasteiger partial charge < -0.3 is 14.4 Å². The molecule has 1 saturated heterocycles. The van der Waals surface area contributed by atoms with Gasteiger partial charge in [0, 0.05) is 25.6 Å². The number of ether oxygens (including phenoxy) is 2. The van der Waals surface area contributed by atoms with E-state index in [1.807, 2.05) is 0 Å². The maximum atomic E-state index is 13.9. The Morgan fingerprint density at radius 2 is 2.06 bits per heavy atom. The topological polar surface area (TPSA) is 114 Å². The molecular formula is C20H28FN3O6S. The van der Waals surface area contributed by atoms with Gasteiger partial charge in [-0.15, -0.1) is 0 Å². The molecule has 2 aliphatic rings. The average molecular weight is 458 g/mol.